The zero-order valence-electron chi connectivity index (χ0n) is 8.32. The third-order valence-corrected chi connectivity index (χ3v) is 2.54. The largest absolute Gasteiger partial charge is 0.378 e. The van der Waals surface area contributed by atoms with Crippen LogP contribution in [0.15, 0.2) is 16.9 Å². The average molecular weight is 194 g/mol. The van der Waals surface area contributed by atoms with E-state index in [-0.39, 0.29) is 5.78 Å². The summed E-state index contributed by atoms with van der Waals surface area (Å²) in [6.45, 7) is 4.92. The van der Waals surface area contributed by atoms with E-state index in [4.69, 9.17) is 4.74 Å². The number of morpholine rings is 1. The molecule has 0 spiro atoms. The highest BCUT2D eigenvalue weighted by Crippen LogP contribution is 2.18. The van der Waals surface area contributed by atoms with Crippen LogP contribution >= 0.6 is 0 Å². The maximum atomic E-state index is 11.1. The van der Waals surface area contributed by atoms with Crippen LogP contribution in [0.5, 0.6) is 0 Å². The van der Waals surface area contributed by atoms with Crippen LogP contribution in [-0.2, 0) is 9.53 Å². The molecule has 76 valence electrons. The smallest absolute Gasteiger partial charge is 0.174 e. The molecule has 0 atom stereocenters. The topological polar surface area (TPSA) is 41.9 Å². The molecule has 0 unspecified atom stereocenters. The molecule has 0 radical (unpaired) electrons. The third-order valence-electron chi connectivity index (χ3n) is 2.54. The summed E-state index contributed by atoms with van der Waals surface area (Å²) in [5, 5.41) is 0. The van der Waals surface area contributed by atoms with Crippen molar-refractivity contribution >= 4 is 11.5 Å². The van der Waals surface area contributed by atoms with Gasteiger partial charge in [0.15, 0.2) is 5.78 Å². The van der Waals surface area contributed by atoms with Crippen molar-refractivity contribution in [1.29, 1.82) is 0 Å². The van der Waals surface area contributed by atoms with Gasteiger partial charge >= 0.3 is 0 Å². The van der Waals surface area contributed by atoms with E-state index in [1.165, 1.54) is 0 Å². The second-order valence-corrected chi connectivity index (χ2v) is 3.53. The van der Waals surface area contributed by atoms with Crippen LogP contribution in [0.3, 0.4) is 0 Å². The molecule has 0 N–H and O–H groups in total. The summed E-state index contributed by atoms with van der Waals surface area (Å²) in [7, 11) is 0. The number of carbonyl (C=O) groups is 1. The lowest BCUT2D eigenvalue weighted by Crippen LogP contribution is -2.35. The molecular weight excluding hydrogens is 180 g/mol. The van der Waals surface area contributed by atoms with Gasteiger partial charge in [0.2, 0.25) is 0 Å². The Morgan fingerprint density at radius 1 is 1.50 bits per heavy atom. The van der Waals surface area contributed by atoms with Crippen LogP contribution in [0.2, 0.25) is 0 Å². The van der Waals surface area contributed by atoms with Gasteiger partial charge < -0.3 is 9.64 Å². The molecule has 0 bridgehead atoms. The Bertz CT molecular complexity index is 301. The van der Waals surface area contributed by atoms with Crippen LogP contribution in [0.25, 0.3) is 0 Å². The molecule has 4 heteroatoms. The van der Waals surface area contributed by atoms with E-state index >= 15 is 0 Å². The number of hydrogen-bond donors (Lipinski definition) is 0. The highest BCUT2D eigenvalue weighted by atomic mass is 16.5. The van der Waals surface area contributed by atoms with E-state index < -0.39 is 0 Å². The summed E-state index contributed by atoms with van der Waals surface area (Å²) in [5.74, 6) is 0.0736. The minimum atomic E-state index is 0.0736. The zero-order chi connectivity index (χ0) is 9.97. The summed E-state index contributed by atoms with van der Waals surface area (Å²) in [6, 6.07) is 0. The fourth-order valence-electron chi connectivity index (χ4n) is 1.67. The Labute approximate surface area is 83.3 Å². The van der Waals surface area contributed by atoms with Crippen molar-refractivity contribution < 1.29 is 9.53 Å². The van der Waals surface area contributed by atoms with E-state index in [1.807, 2.05) is 6.20 Å². The lowest BCUT2D eigenvalue weighted by molar-refractivity contribution is -0.111. The number of nitrogens with zero attached hydrogens (tertiary/aromatic N) is 2. The van der Waals surface area contributed by atoms with E-state index in [0.717, 1.165) is 32.0 Å². The summed E-state index contributed by atoms with van der Waals surface area (Å²) in [4.78, 5) is 17.4. The third kappa shape index (κ3) is 1.85. The first-order valence-electron chi connectivity index (χ1n) is 4.87. The number of Topliss-reactive ketones (excluding diaryl/α,β-unsaturated/α-hetero) is 1. The molecule has 0 aromatic rings. The minimum Gasteiger partial charge on any atom is -0.378 e. The molecule has 2 rings (SSSR count). The molecule has 0 aliphatic carbocycles. The second-order valence-electron chi connectivity index (χ2n) is 3.53. The Balaban J connectivity index is 1.93. The molecule has 0 aromatic heterocycles. The molecular formula is C10H14N2O2. The van der Waals surface area contributed by atoms with Crippen molar-refractivity contribution in [3.8, 4) is 0 Å². The monoisotopic (exact) mass is 194 g/mol. The molecule has 0 amide bonds. The number of ether oxygens (including phenoxy) is 1. The van der Waals surface area contributed by atoms with Crippen LogP contribution < -0.4 is 0 Å². The lowest BCUT2D eigenvalue weighted by Gasteiger charge is -2.29. The van der Waals surface area contributed by atoms with Gasteiger partial charge in [0.1, 0.15) is 0 Å². The summed E-state index contributed by atoms with van der Waals surface area (Å²) >= 11 is 0. The molecule has 2 heterocycles. The van der Waals surface area contributed by atoms with Gasteiger partial charge in [0, 0.05) is 38.3 Å². The van der Waals surface area contributed by atoms with Crippen molar-refractivity contribution in [3.63, 3.8) is 0 Å². The van der Waals surface area contributed by atoms with E-state index in [1.54, 1.807) is 6.92 Å². The summed E-state index contributed by atoms with van der Waals surface area (Å²) in [5.41, 5.74) is 1.82. The van der Waals surface area contributed by atoms with E-state index in [0.29, 0.717) is 12.1 Å². The molecule has 1 saturated heterocycles. The first kappa shape index (κ1) is 9.40. The molecule has 0 aromatic carbocycles. The molecule has 2 aliphatic rings. The maximum absolute atomic E-state index is 11.1. The van der Waals surface area contributed by atoms with Crippen molar-refractivity contribution in [2.75, 3.05) is 26.3 Å². The van der Waals surface area contributed by atoms with Gasteiger partial charge in [-0.3, -0.25) is 9.79 Å². The van der Waals surface area contributed by atoms with Gasteiger partial charge in [0.05, 0.1) is 18.9 Å². The van der Waals surface area contributed by atoms with E-state index in [2.05, 4.69) is 9.89 Å². The highest BCUT2D eigenvalue weighted by Gasteiger charge is 2.20. The molecule has 14 heavy (non-hydrogen) atoms. The molecule has 2 aliphatic heterocycles. The standard InChI is InChI=1S/C10H14N2O2/c1-8(13)10-6-9(7-11-10)12-2-4-14-5-3-12/h7H,2-6H2,1H3. The number of aliphatic imine (C=N–C) groups is 1. The maximum Gasteiger partial charge on any atom is 0.174 e. The number of rotatable bonds is 2. The SMILES string of the molecule is CC(=O)C1=NC=C(N2CCOCC2)C1. The van der Waals surface area contributed by atoms with Crippen LogP contribution in [-0.4, -0.2) is 42.7 Å². The minimum absolute atomic E-state index is 0.0736. The van der Waals surface area contributed by atoms with Crippen LogP contribution in [0.1, 0.15) is 13.3 Å². The lowest BCUT2D eigenvalue weighted by atomic mass is 10.1. The van der Waals surface area contributed by atoms with Crippen LogP contribution in [0, 0.1) is 0 Å². The molecule has 0 saturated carbocycles. The van der Waals surface area contributed by atoms with Gasteiger partial charge in [-0.2, -0.15) is 0 Å². The first-order valence-corrected chi connectivity index (χ1v) is 4.87. The summed E-state index contributed by atoms with van der Waals surface area (Å²) in [6.07, 6.45) is 2.50. The van der Waals surface area contributed by atoms with Crippen molar-refractivity contribution in [3.05, 3.63) is 11.9 Å². The Morgan fingerprint density at radius 2 is 2.21 bits per heavy atom. The van der Waals surface area contributed by atoms with E-state index in [9.17, 15) is 4.79 Å². The van der Waals surface area contributed by atoms with Crippen molar-refractivity contribution in [1.82, 2.24) is 4.90 Å². The Kier molecular flexibility index (Phi) is 2.63. The predicted octanol–water partition coefficient (Wildman–Crippen LogP) is 0.594. The quantitative estimate of drug-likeness (QED) is 0.646. The fourth-order valence-corrected chi connectivity index (χ4v) is 1.67. The number of hydrogen-bond acceptors (Lipinski definition) is 4. The van der Waals surface area contributed by atoms with Gasteiger partial charge in [-0.25, -0.2) is 0 Å². The predicted molar refractivity (Wildman–Crippen MR) is 53.2 cm³/mol. The number of allylic oxidation sites excluding steroid dienone is 1. The van der Waals surface area contributed by atoms with Gasteiger partial charge in [0.25, 0.3) is 0 Å². The zero-order valence-corrected chi connectivity index (χ0v) is 8.32. The van der Waals surface area contributed by atoms with Gasteiger partial charge in [-0.1, -0.05) is 0 Å². The first-order chi connectivity index (χ1) is 6.77. The number of carbonyl (C=O) groups excluding carboxylic acids is 1. The molecule has 1 fully saturated rings. The van der Waals surface area contributed by atoms with Gasteiger partial charge in [-0.05, 0) is 0 Å². The molecule has 4 nitrogen and oxygen atoms in total. The summed E-state index contributed by atoms with van der Waals surface area (Å²) < 4.78 is 5.26. The van der Waals surface area contributed by atoms with Crippen molar-refractivity contribution in [2.45, 2.75) is 13.3 Å². The second kappa shape index (κ2) is 3.92. The van der Waals surface area contributed by atoms with Gasteiger partial charge in [-0.15, -0.1) is 0 Å². The Hall–Kier alpha value is -1.16. The fraction of sp³-hybridized carbons (Fsp3) is 0.600. The number of ketones is 1. The highest BCUT2D eigenvalue weighted by molar-refractivity contribution is 6.40. The average Bonchev–Trinajstić information content (AvgIpc) is 2.68. The normalized spacial score (nSPS) is 21.9. The van der Waals surface area contributed by atoms with Crippen molar-refractivity contribution in [2.24, 2.45) is 4.99 Å². The van der Waals surface area contributed by atoms with Crippen LogP contribution in [0.4, 0.5) is 0 Å². The Morgan fingerprint density at radius 3 is 2.79 bits per heavy atom.